The fourth-order valence-electron chi connectivity index (χ4n) is 2.06. The van der Waals surface area contributed by atoms with Crippen molar-refractivity contribution in [3.8, 4) is 0 Å². The molecule has 5 heteroatoms. The monoisotopic (exact) mass is 323 g/mol. The third kappa shape index (κ3) is 4.67. The molecule has 1 N–H and O–H groups in total. The lowest BCUT2D eigenvalue weighted by Gasteiger charge is -2.17. The number of hydrogen-bond donors (Lipinski definition) is 1. The molecule has 0 radical (unpaired) electrons. The fraction of sp³-hybridized carbons (Fsp3) is 0.375. The molecule has 1 unspecified atom stereocenters. The van der Waals surface area contributed by atoms with Gasteiger partial charge in [-0.05, 0) is 49.6 Å². The van der Waals surface area contributed by atoms with E-state index in [1.807, 2.05) is 37.5 Å². The van der Waals surface area contributed by atoms with Gasteiger partial charge < -0.3 is 5.32 Å². The molecular weight excluding hydrogens is 305 g/mol. The SMILES string of the molecule is CCCNC(Cc1ccc(Cl)c(Cl)c1)c1ncc(C)cn1. The summed E-state index contributed by atoms with van der Waals surface area (Å²) in [5.41, 5.74) is 2.17. The second-order valence-corrected chi connectivity index (χ2v) is 5.89. The van der Waals surface area contributed by atoms with Gasteiger partial charge in [0.1, 0.15) is 5.82 Å². The third-order valence-electron chi connectivity index (χ3n) is 3.18. The van der Waals surface area contributed by atoms with Crippen molar-refractivity contribution in [1.82, 2.24) is 15.3 Å². The maximum atomic E-state index is 6.08. The first-order chi connectivity index (χ1) is 10.1. The molecule has 2 rings (SSSR count). The molecule has 1 aromatic heterocycles. The van der Waals surface area contributed by atoms with Gasteiger partial charge in [-0.15, -0.1) is 0 Å². The first kappa shape index (κ1) is 16.2. The van der Waals surface area contributed by atoms with Gasteiger partial charge in [-0.2, -0.15) is 0 Å². The molecule has 21 heavy (non-hydrogen) atoms. The number of rotatable bonds is 6. The van der Waals surface area contributed by atoms with Gasteiger partial charge in [-0.1, -0.05) is 36.2 Å². The van der Waals surface area contributed by atoms with E-state index in [1.54, 1.807) is 0 Å². The Morgan fingerprint density at radius 1 is 1.14 bits per heavy atom. The number of aryl methyl sites for hydroxylation is 1. The maximum absolute atomic E-state index is 6.08. The smallest absolute Gasteiger partial charge is 0.145 e. The Hall–Kier alpha value is -1.16. The van der Waals surface area contributed by atoms with E-state index < -0.39 is 0 Å². The van der Waals surface area contributed by atoms with Crippen LogP contribution in [0.5, 0.6) is 0 Å². The van der Waals surface area contributed by atoms with Crippen LogP contribution in [0.25, 0.3) is 0 Å². The quantitative estimate of drug-likeness (QED) is 0.857. The van der Waals surface area contributed by atoms with Crippen molar-refractivity contribution < 1.29 is 0 Å². The standard InChI is InChI=1S/C16H19Cl2N3/c1-3-6-19-15(16-20-9-11(2)10-21-16)8-12-4-5-13(17)14(18)7-12/h4-5,7,9-10,15,19H,3,6,8H2,1-2H3. The van der Waals surface area contributed by atoms with E-state index in [0.717, 1.165) is 36.3 Å². The molecule has 0 amide bonds. The summed E-state index contributed by atoms with van der Waals surface area (Å²) in [6.45, 7) is 5.04. The number of halogens is 2. The Labute approximate surface area is 135 Å². The fourth-order valence-corrected chi connectivity index (χ4v) is 2.38. The molecule has 0 saturated heterocycles. The summed E-state index contributed by atoms with van der Waals surface area (Å²) in [4.78, 5) is 8.87. The molecule has 0 saturated carbocycles. The summed E-state index contributed by atoms with van der Waals surface area (Å²) in [7, 11) is 0. The van der Waals surface area contributed by atoms with Crippen LogP contribution >= 0.6 is 23.2 Å². The van der Waals surface area contributed by atoms with Gasteiger partial charge in [-0.25, -0.2) is 9.97 Å². The van der Waals surface area contributed by atoms with Crippen LogP contribution in [-0.4, -0.2) is 16.5 Å². The molecule has 0 fully saturated rings. The molecule has 0 aliphatic rings. The lowest BCUT2D eigenvalue weighted by molar-refractivity contribution is 0.504. The van der Waals surface area contributed by atoms with Gasteiger partial charge in [0.05, 0.1) is 16.1 Å². The number of benzene rings is 1. The summed E-state index contributed by atoms with van der Waals surface area (Å²) in [6.07, 6.45) is 5.53. The second kappa shape index (κ2) is 7.74. The Morgan fingerprint density at radius 2 is 1.86 bits per heavy atom. The number of nitrogens with one attached hydrogen (secondary N) is 1. The van der Waals surface area contributed by atoms with Gasteiger partial charge in [0.15, 0.2) is 0 Å². The molecule has 0 spiro atoms. The van der Waals surface area contributed by atoms with E-state index in [2.05, 4.69) is 22.2 Å². The highest BCUT2D eigenvalue weighted by Gasteiger charge is 2.15. The average molecular weight is 324 g/mol. The minimum Gasteiger partial charge on any atom is -0.307 e. The number of hydrogen-bond acceptors (Lipinski definition) is 3. The van der Waals surface area contributed by atoms with E-state index in [-0.39, 0.29) is 6.04 Å². The second-order valence-electron chi connectivity index (χ2n) is 5.08. The third-order valence-corrected chi connectivity index (χ3v) is 3.92. The molecule has 112 valence electrons. The minimum absolute atomic E-state index is 0.0720. The van der Waals surface area contributed by atoms with E-state index in [4.69, 9.17) is 23.2 Å². The van der Waals surface area contributed by atoms with E-state index >= 15 is 0 Å². The van der Waals surface area contributed by atoms with Crippen LogP contribution in [0.2, 0.25) is 10.0 Å². The van der Waals surface area contributed by atoms with Crippen LogP contribution in [0.15, 0.2) is 30.6 Å². The average Bonchev–Trinajstić information content (AvgIpc) is 2.48. The van der Waals surface area contributed by atoms with Crippen LogP contribution in [0, 0.1) is 6.92 Å². The summed E-state index contributed by atoms with van der Waals surface area (Å²) in [5.74, 6) is 0.806. The highest BCUT2D eigenvalue weighted by molar-refractivity contribution is 6.42. The van der Waals surface area contributed by atoms with E-state index in [1.165, 1.54) is 0 Å². The normalized spacial score (nSPS) is 12.4. The first-order valence-electron chi connectivity index (χ1n) is 7.06. The predicted molar refractivity (Wildman–Crippen MR) is 88.0 cm³/mol. The number of nitrogens with zero attached hydrogens (tertiary/aromatic N) is 2. The lowest BCUT2D eigenvalue weighted by Crippen LogP contribution is -2.26. The predicted octanol–water partition coefficient (Wildman–Crippen LogP) is 4.38. The number of aromatic nitrogens is 2. The summed E-state index contributed by atoms with van der Waals surface area (Å²) in [6, 6.07) is 5.79. The van der Waals surface area contributed by atoms with Gasteiger partial charge in [0, 0.05) is 12.4 Å². The highest BCUT2D eigenvalue weighted by atomic mass is 35.5. The molecule has 1 atom stereocenters. The summed E-state index contributed by atoms with van der Waals surface area (Å²) < 4.78 is 0. The molecule has 2 aromatic rings. The van der Waals surface area contributed by atoms with Crippen molar-refractivity contribution in [3.05, 3.63) is 57.6 Å². The van der Waals surface area contributed by atoms with E-state index in [0.29, 0.717) is 10.0 Å². The molecule has 1 heterocycles. The van der Waals surface area contributed by atoms with Gasteiger partial charge >= 0.3 is 0 Å². The first-order valence-corrected chi connectivity index (χ1v) is 7.81. The van der Waals surface area contributed by atoms with Crippen molar-refractivity contribution in [2.24, 2.45) is 0 Å². The highest BCUT2D eigenvalue weighted by Crippen LogP contribution is 2.25. The minimum atomic E-state index is 0.0720. The van der Waals surface area contributed by atoms with Crippen LogP contribution in [0.4, 0.5) is 0 Å². The Bertz CT molecular complexity index is 585. The van der Waals surface area contributed by atoms with Crippen molar-refractivity contribution in [3.63, 3.8) is 0 Å². The summed E-state index contributed by atoms with van der Waals surface area (Å²) >= 11 is 12.0. The molecular formula is C16H19Cl2N3. The lowest BCUT2D eigenvalue weighted by atomic mass is 10.0. The topological polar surface area (TPSA) is 37.8 Å². The molecule has 0 aliphatic carbocycles. The van der Waals surface area contributed by atoms with Crippen molar-refractivity contribution in [2.45, 2.75) is 32.7 Å². The van der Waals surface area contributed by atoms with Crippen LogP contribution in [-0.2, 0) is 6.42 Å². The van der Waals surface area contributed by atoms with Crippen molar-refractivity contribution in [1.29, 1.82) is 0 Å². The molecule has 3 nitrogen and oxygen atoms in total. The maximum Gasteiger partial charge on any atom is 0.145 e. The Kier molecular flexibility index (Phi) is 5.97. The van der Waals surface area contributed by atoms with Crippen LogP contribution in [0.3, 0.4) is 0 Å². The van der Waals surface area contributed by atoms with Crippen molar-refractivity contribution >= 4 is 23.2 Å². The van der Waals surface area contributed by atoms with Gasteiger partial charge in [0.25, 0.3) is 0 Å². The zero-order valence-electron chi connectivity index (χ0n) is 12.2. The molecule has 0 bridgehead atoms. The zero-order chi connectivity index (χ0) is 15.2. The van der Waals surface area contributed by atoms with Gasteiger partial charge in [-0.3, -0.25) is 0 Å². The van der Waals surface area contributed by atoms with Crippen molar-refractivity contribution in [2.75, 3.05) is 6.54 Å². The largest absolute Gasteiger partial charge is 0.307 e. The Balaban J connectivity index is 2.19. The van der Waals surface area contributed by atoms with Crippen LogP contribution in [0.1, 0.15) is 36.3 Å². The van der Waals surface area contributed by atoms with Crippen LogP contribution < -0.4 is 5.32 Å². The molecule has 1 aromatic carbocycles. The molecule has 0 aliphatic heterocycles. The Morgan fingerprint density at radius 3 is 2.48 bits per heavy atom. The summed E-state index contributed by atoms with van der Waals surface area (Å²) in [5, 5.41) is 4.64. The van der Waals surface area contributed by atoms with E-state index in [9.17, 15) is 0 Å². The zero-order valence-corrected chi connectivity index (χ0v) is 13.7. The van der Waals surface area contributed by atoms with Gasteiger partial charge in [0.2, 0.25) is 0 Å².